The van der Waals surface area contributed by atoms with E-state index in [1.807, 2.05) is 0 Å². The Kier molecular flexibility index (Phi) is 4.49. The number of halogens is 3. The first-order valence-electron chi connectivity index (χ1n) is 4.94. The van der Waals surface area contributed by atoms with Crippen LogP contribution in [0.15, 0.2) is 12.1 Å². The zero-order chi connectivity index (χ0) is 12.1. The summed E-state index contributed by atoms with van der Waals surface area (Å²) in [4.78, 5) is 11.4. The fourth-order valence-corrected chi connectivity index (χ4v) is 1.31. The number of carbonyl (C=O) groups excluding carboxylic acids is 1. The summed E-state index contributed by atoms with van der Waals surface area (Å²) >= 11 is 0. The summed E-state index contributed by atoms with van der Waals surface area (Å²) in [6.45, 7) is 0.438. The van der Waals surface area contributed by atoms with Crippen molar-refractivity contribution in [3.05, 3.63) is 35.1 Å². The molecule has 2 nitrogen and oxygen atoms in total. The number of rotatable bonds is 5. The van der Waals surface area contributed by atoms with Crippen molar-refractivity contribution >= 4 is 5.78 Å². The Morgan fingerprint density at radius 3 is 2.44 bits per heavy atom. The molecule has 0 spiro atoms. The van der Waals surface area contributed by atoms with Crippen molar-refractivity contribution in [1.29, 1.82) is 0 Å². The molecule has 0 aliphatic rings. The Bertz CT molecular complexity index is 393. The van der Waals surface area contributed by atoms with E-state index in [1.54, 1.807) is 0 Å². The maximum atomic E-state index is 13.2. The third-order valence-electron chi connectivity index (χ3n) is 2.19. The SMILES string of the molecule is NCCCCC(=O)c1ccc(F)c(F)c1F. The lowest BCUT2D eigenvalue weighted by Crippen LogP contribution is -2.07. The third kappa shape index (κ3) is 2.82. The maximum absolute atomic E-state index is 13.2. The third-order valence-corrected chi connectivity index (χ3v) is 2.19. The number of nitrogens with two attached hydrogens (primary N) is 1. The fourth-order valence-electron chi connectivity index (χ4n) is 1.31. The van der Waals surface area contributed by atoms with Crippen LogP contribution < -0.4 is 5.73 Å². The van der Waals surface area contributed by atoms with Gasteiger partial charge in [-0.15, -0.1) is 0 Å². The van der Waals surface area contributed by atoms with Gasteiger partial charge in [0.15, 0.2) is 23.2 Å². The molecule has 0 aliphatic heterocycles. The summed E-state index contributed by atoms with van der Waals surface area (Å²) in [6.07, 6.45) is 1.23. The molecule has 0 fully saturated rings. The van der Waals surface area contributed by atoms with E-state index < -0.39 is 28.8 Å². The first kappa shape index (κ1) is 12.7. The Labute approximate surface area is 91.3 Å². The number of hydrogen-bond donors (Lipinski definition) is 1. The summed E-state index contributed by atoms with van der Waals surface area (Å²) < 4.78 is 38.6. The van der Waals surface area contributed by atoms with Gasteiger partial charge in [-0.25, -0.2) is 13.2 Å². The highest BCUT2D eigenvalue weighted by molar-refractivity contribution is 5.96. The minimum absolute atomic E-state index is 0.0825. The lowest BCUT2D eigenvalue weighted by molar-refractivity contribution is 0.0974. The van der Waals surface area contributed by atoms with Gasteiger partial charge in [-0.2, -0.15) is 0 Å². The van der Waals surface area contributed by atoms with Crippen LogP contribution in [0, 0.1) is 17.5 Å². The van der Waals surface area contributed by atoms with Crippen molar-refractivity contribution in [1.82, 2.24) is 0 Å². The number of hydrogen-bond acceptors (Lipinski definition) is 2. The Morgan fingerprint density at radius 1 is 1.12 bits per heavy atom. The van der Waals surface area contributed by atoms with Gasteiger partial charge in [0, 0.05) is 6.42 Å². The molecule has 5 heteroatoms. The molecule has 0 saturated carbocycles. The second-order valence-electron chi connectivity index (χ2n) is 3.39. The zero-order valence-electron chi connectivity index (χ0n) is 8.60. The molecule has 1 rings (SSSR count). The van der Waals surface area contributed by atoms with Crippen molar-refractivity contribution in [3.8, 4) is 0 Å². The standard InChI is InChI=1S/C11H12F3NO/c12-8-5-4-7(10(13)11(8)14)9(16)3-1-2-6-15/h4-5H,1-3,6,15H2. The van der Waals surface area contributed by atoms with Gasteiger partial charge in [-0.3, -0.25) is 4.79 Å². The fraction of sp³-hybridized carbons (Fsp3) is 0.364. The smallest absolute Gasteiger partial charge is 0.195 e. The molecule has 0 amide bonds. The van der Waals surface area contributed by atoms with E-state index in [0.717, 1.165) is 12.1 Å². The average molecular weight is 231 g/mol. The zero-order valence-corrected chi connectivity index (χ0v) is 8.60. The minimum Gasteiger partial charge on any atom is -0.330 e. The predicted octanol–water partition coefficient (Wildman–Crippen LogP) is 2.42. The van der Waals surface area contributed by atoms with Gasteiger partial charge in [-0.1, -0.05) is 0 Å². The number of carbonyl (C=O) groups is 1. The lowest BCUT2D eigenvalue weighted by atomic mass is 10.0. The normalized spacial score (nSPS) is 10.5. The second-order valence-corrected chi connectivity index (χ2v) is 3.39. The first-order valence-corrected chi connectivity index (χ1v) is 4.94. The minimum atomic E-state index is -1.61. The molecule has 1 aromatic rings. The molecule has 88 valence electrons. The molecule has 0 atom stereocenters. The summed E-state index contributed by atoms with van der Waals surface area (Å²) in [6, 6.07) is 1.70. The van der Waals surface area contributed by atoms with Crippen LogP contribution in [0.1, 0.15) is 29.6 Å². The molecule has 0 bridgehead atoms. The van der Waals surface area contributed by atoms with Crippen LogP contribution in [0.3, 0.4) is 0 Å². The Morgan fingerprint density at radius 2 is 1.81 bits per heavy atom. The van der Waals surface area contributed by atoms with Gasteiger partial charge in [0.1, 0.15) is 0 Å². The van der Waals surface area contributed by atoms with Crippen molar-refractivity contribution in [2.75, 3.05) is 6.54 Å². The summed E-state index contributed by atoms with van der Waals surface area (Å²) in [5.41, 5.74) is 4.83. The van der Waals surface area contributed by atoms with E-state index in [2.05, 4.69) is 0 Å². The van der Waals surface area contributed by atoms with Crippen molar-refractivity contribution < 1.29 is 18.0 Å². The van der Waals surface area contributed by atoms with Gasteiger partial charge in [0.25, 0.3) is 0 Å². The quantitative estimate of drug-likeness (QED) is 0.480. The van der Waals surface area contributed by atoms with Crippen molar-refractivity contribution in [2.24, 2.45) is 5.73 Å². The number of unbranched alkanes of at least 4 members (excludes halogenated alkanes) is 1. The van der Waals surface area contributed by atoms with E-state index in [1.165, 1.54) is 0 Å². The molecule has 1 aromatic carbocycles. The van der Waals surface area contributed by atoms with Crippen LogP contribution in [-0.4, -0.2) is 12.3 Å². The Balaban J connectivity index is 2.80. The van der Waals surface area contributed by atoms with Crippen molar-refractivity contribution in [3.63, 3.8) is 0 Å². The van der Waals surface area contributed by atoms with E-state index in [-0.39, 0.29) is 6.42 Å². The van der Waals surface area contributed by atoms with Crippen LogP contribution in [-0.2, 0) is 0 Å². The summed E-state index contributed by atoms with van der Waals surface area (Å²) in [7, 11) is 0. The molecular weight excluding hydrogens is 219 g/mol. The summed E-state index contributed by atoms with van der Waals surface area (Å²) in [5, 5.41) is 0. The van der Waals surface area contributed by atoms with E-state index in [9.17, 15) is 18.0 Å². The van der Waals surface area contributed by atoms with Gasteiger partial charge in [0.05, 0.1) is 5.56 Å². The number of benzene rings is 1. The van der Waals surface area contributed by atoms with Gasteiger partial charge < -0.3 is 5.73 Å². The number of Topliss-reactive ketones (excluding diaryl/α,β-unsaturated/α-hetero) is 1. The lowest BCUT2D eigenvalue weighted by Gasteiger charge is -2.03. The van der Waals surface area contributed by atoms with Crippen LogP contribution >= 0.6 is 0 Å². The predicted molar refractivity (Wildman–Crippen MR) is 53.6 cm³/mol. The second kappa shape index (κ2) is 5.65. The van der Waals surface area contributed by atoms with Crippen LogP contribution in [0.2, 0.25) is 0 Å². The molecule has 2 N–H and O–H groups in total. The largest absolute Gasteiger partial charge is 0.330 e. The monoisotopic (exact) mass is 231 g/mol. The molecular formula is C11H12F3NO. The molecule has 0 saturated heterocycles. The van der Waals surface area contributed by atoms with E-state index in [0.29, 0.717) is 19.4 Å². The van der Waals surface area contributed by atoms with Crippen LogP contribution in [0.4, 0.5) is 13.2 Å². The first-order chi connectivity index (χ1) is 7.57. The molecule has 0 heterocycles. The number of ketones is 1. The highest BCUT2D eigenvalue weighted by Gasteiger charge is 2.17. The molecule has 0 aromatic heterocycles. The molecule has 0 aliphatic carbocycles. The van der Waals surface area contributed by atoms with Gasteiger partial charge in [-0.05, 0) is 31.5 Å². The highest BCUT2D eigenvalue weighted by Crippen LogP contribution is 2.17. The summed E-state index contributed by atoms with van der Waals surface area (Å²) in [5.74, 6) is -4.86. The van der Waals surface area contributed by atoms with Crippen LogP contribution in [0.5, 0.6) is 0 Å². The van der Waals surface area contributed by atoms with E-state index >= 15 is 0 Å². The average Bonchev–Trinajstić information content (AvgIpc) is 2.26. The van der Waals surface area contributed by atoms with Gasteiger partial charge in [0.2, 0.25) is 0 Å². The highest BCUT2D eigenvalue weighted by atomic mass is 19.2. The maximum Gasteiger partial charge on any atom is 0.195 e. The van der Waals surface area contributed by atoms with Gasteiger partial charge >= 0.3 is 0 Å². The molecule has 16 heavy (non-hydrogen) atoms. The Hall–Kier alpha value is -1.36. The molecule has 0 radical (unpaired) electrons. The topological polar surface area (TPSA) is 43.1 Å². The van der Waals surface area contributed by atoms with Crippen LogP contribution in [0.25, 0.3) is 0 Å². The molecule has 0 unspecified atom stereocenters. The van der Waals surface area contributed by atoms with Crippen molar-refractivity contribution in [2.45, 2.75) is 19.3 Å². The van der Waals surface area contributed by atoms with E-state index in [4.69, 9.17) is 5.73 Å².